The summed E-state index contributed by atoms with van der Waals surface area (Å²) in [7, 11) is 0. The number of hydrogen-bond acceptors (Lipinski definition) is 2. The fraction of sp³-hybridized carbons (Fsp3) is 0.227. The number of carbonyl (C=O) groups excluding carboxylic acids is 1. The SMILES string of the molecule is CCCC(=O)CCc1cccc(O)c1-c1ccc2ccccc2c1. The van der Waals surface area contributed by atoms with Crippen LogP contribution in [0.2, 0.25) is 0 Å². The van der Waals surface area contributed by atoms with Crippen LogP contribution in [0.1, 0.15) is 31.7 Å². The van der Waals surface area contributed by atoms with Crippen molar-refractivity contribution in [1.82, 2.24) is 0 Å². The predicted molar refractivity (Wildman–Crippen MR) is 99.3 cm³/mol. The third-order valence-electron chi connectivity index (χ3n) is 4.37. The second-order valence-corrected chi connectivity index (χ2v) is 6.16. The van der Waals surface area contributed by atoms with E-state index in [4.69, 9.17) is 0 Å². The molecule has 0 unspecified atom stereocenters. The Morgan fingerprint density at radius 3 is 2.50 bits per heavy atom. The van der Waals surface area contributed by atoms with E-state index in [0.29, 0.717) is 19.3 Å². The van der Waals surface area contributed by atoms with Crippen LogP contribution in [-0.2, 0) is 11.2 Å². The summed E-state index contributed by atoms with van der Waals surface area (Å²) in [5.41, 5.74) is 2.85. The first-order valence-corrected chi connectivity index (χ1v) is 8.50. The minimum Gasteiger partial charge on any atom is -0.507 e. The number of fused-ring (bicyclic) bond motifs is 1. The second-order valence-electron chi connectivity index (χ2n) is 6.16. The highest BCUT2D eigenvalue weighted by Gasteiger charge is 2.12. The molecule has 2 heteroatoms. The summed E-state index contributed by atoms with van der Waals surface area (Å²) in [6.45, 7) is 2.02. The van der Waals surface area contributed by atoms with E-state index in [2.05, 4.69) is 24.3 Å². The van der Waals surface area contributed by atoms with Crippen molar-refractivity contribution < 1.29 is 9.90 Å². The topological polar surface area (TPSA) is 37.3 Å². The molecule has 0 atom stereocenters. The molecule has 3 rings (SSSR count). The van der Waals surface area contributed by atoms with E-state index < -0.39 is 0 Å². The first-order chi connectivity index (χ1) is 11.7. The van der Waals surface area contributed by atoms with Crippen LogP contribution in [0.4, 0.5) is 0 Å². The predicted octanol–water partition coefficient (Wildman–Crippen LogP) is 5.51. The van der Waals surface area contributed by atoms with Crippen molar-refractivity contribution in [3.05, 3.63) is 66.2 Å². The number of phenolic OH excluding ortho intramolecular Hbond substituents is 1. The van der Waals surface area contributed by atoms with Gasteiger partial charge in [0.15, 0.2) is 0 Å². The van der Waals surface area contributed by atoms with E-state index in [1.165, 1.54) is 5.39 Å². The van der Waals surface area contributed by atoms with E-state index in [1.54, 1.807) is 6.07 Å². The number of benzene rings is 3. The van der Waals surface area contributed by atoms with Gasteiger partial charge in [0.25, 0.3) is 0 Å². The van der Waals surface area contributed by atoms with Crippen LogP contribution in [0.15, 0.2) is 60.7 Å². The number of rotatable bonds is 6. The van der Waals surface area contributed by atoms with Crippen molar-refractivity contribution in [2.75, 3.05) is 0 Å². The number of hydrogen-bond donors (Lipinski definition) is 1. The van der Waals surface area contributed by atoms with Crippen LogP contribution >= 0.6 is 0 Å². The molecule has 3 aromatic rings. The van der Waals surface area contributed by atoms with Gasteiger partial charge in [0, 0.05) is 18.4 Å². The summed E-state index contributed by atoms with van der Waals surface area (Å²) < 4.78 is 0. The lowest BCUT2D eigenvalue weighted by Crippen LogP contribution is -2.00. The van der Waals surface area contributed by atoms with Crippen LogP contribution in [0.5, 0.6) is 5.75 Å². The quantitative estimate of drug-likeness (QED) is 0.650. The second kappa shape index (κ2) is 7.31. The van der Waals surface area contributed by atoms with Crippen molar-refractivity contribution in [2.45, 2.75) is 32.6 Å². The number of aromatic hydroxyl groups is 1. The van der Waals surface area contributed by atoms with Crippen molar-refractivity contribution in [3.8, 4) is 16.9 Å². The Bertz CT molecular complexity index is 865. The molecule has 0 aliphatic heterocycles. The molecule has 3 aromatic carbocycles. The Balaban J connectivity index is 1.97. The van der Waals surface area contributed by atoms with Gasteiger partial charge in [-0.25, -0.2) is 0 Å². The van der Waals surface area contributed by atoms with Gasteiger partial charge >= 0.3 is 0 Å². The number of carbonyl (C=O) groups is 1. The molecule has 122 valence electrons. The molecule has 0 saturated heterocycles. The molecule has 0 amide bonds. The first-order valence-electron chi connectivity index (χ1n) is 8.50. The van der Waals surface area contributed by atoms with Crippen molar-refractivity contribution >= 4 is 16.6 Å². The molecule has 2 nitrogen and oxygen atoms in total. The molecule has 0 aromatic heterocycles. The summed E-state index contributed by atoms with van der Waals surface area (Å²) in [5.74, 6) is 0.552. The number of aryl methyl sites for hydroxylation is 1. The molecular weight excluding hydrogens is 296 g/mol. The Hall–Kier alpha value is -2.61. The zero-order chi connectivity index (χ0) is 16.9. The average molecular weight is 318 g/mol. The van der Waals surface area contributed by atoms with Gasteiger partial charge in [0.1, 0.15) is 11.5 Å². The summed E-state index contributed by atoms with van der Waals surface area (Å²) >= 11 is 0. The van der Waals surface area contributed by atoms with Crippen LogP contribution in [0.25, 0.3) is 21.9 Å². The fourth-order valence-corrected chi connectivity index (χ4v) is 3.15. The molecule has 1 N–H and O–H groups in total. The smallest absolute Gasteiger partial charge is 0.133 e. The molecule has 0 radical (unpaired) electrons. The van der Waals surface area contributed by atoms with E-state index in [1.807, 2.05) is 37.3 Å². The standard InChI is InChI=1S/C22H22O2/c1-2-6-20(23)14-13-17-9-5-10-21(24)22(17)19-12-11-16-7-3-4-8-18(16)15-19/h3-5,7-12,15,24H,2,6,13-14H2,1H3. The molecule has 0 saturated carbocycles. The van der Waals surface area contributed by atoms with Gasteiger partial charge in [-0.05, 0) is 46.9 Å². The third kappa shape index (κ3) is 3.48. The molecule has 0 heterocycles. The van der Waals surface area contributed by atoms with E-state index in [9.17, 15) is 9.90 Å². The van der Waals surface area contributed by atoms with Crippen molar-refractivity contribution in [3.63, 3.8) is 0 Å². The molecule has 0 aliphatic rings. The molecule has 0 spiro atoms. The van der Waals surface area contributed by atoms with Crippen LogP contribution in [0, 0.1) is 0 Å². The fourth-order valence-electron chi connectivity index (χ4n) is 3.15. The molecule has 0 bridgehead atoms. The minimum atomic E-state index is 0.269. The van der Waals surface area contributed by atoms with Crippen LogP contribution in [0.3, 0.4) is 0 Å². The lowest BCUT2D eigenvalue weighted by Gasteiger charge is -2.12. The van der Waals surface area contributed by atoms with E-state index >= 15 is 0 Å². The maximum absolute atomic E-state index is 11.9. The van der Waals surface area contributed by atoms with Gasteiger partial charge in [-0.15, -0.1) is 0 Å². The Morgan fingerprint density at radius 2 is 1.71 bits per heavy atom. The lowest BCUT2D eigenvalue weighted by molar-refractivity contribution is -0.119. The highest BCUT2D eigenvalue weighted by atomic mass is 16.3. The van der Waals surface area contributed by atoms with Crippen LogP contribution < -0.4 is 0 Å². The normalized spacial score (nSPS) is 10.9. The monoisotopic (exact) mass is 318 g/mol. The Kier molecular flexibility index (Phi) is 4.95. The van der Waals surface area contributed by atoms with Gasteiger partial charge in [-0.3, -0.25) is 4.79 Å². The molecule has 0 fully saturated rings. The lowest BCUT2D eigenvalue weighted by atomic mass is 9.93. The summed E-state index contributed by atoms with van der Waals surface area (Å²) in [4.78, 5) is 11.9. The van der Waals surface area contributed by atoms with Gasteiger partial charge in [-0.2, -0.15) is 0 Å². The Labute approximate surface area is 142 Å². The molecule has 0 aliphatic carbocycles. The maximum Gasteiger partial charge on any atom is 0.133 e. The van der Waals surface area contributed by atoms with Gasteiger partial charge in [-0.1, -0.05) is 55.5 Å². The summed E-state index contributed by atoms with van der Waals surface area (Å²) in [6.07, 6.45) is 2.70. The number of phenols is 1. The van der Waals surface area contributed by atoms with Crippen LogP contribution in [-0.4, -0.2) is 10.9 Å². The zero-order valence-electron chi connectivity index (χ0n) is 14.0. The number of ketones is 1. The maximum atomic E-state index is 11.9. The summed E-state index contributed by atoms with van der Waals surface area (Å²) in [5, 5.41) is 12.7. The average Bonchev–Trinajstić information content (AvgIpc) is 2.60. The van der Waals surface area contributed by atoms with Gasteiger partial charge < -0.3 is 5.11 Å². The number of Topliss-reactive ketones (excluding diaryl/α,β-unsaturated/α-hetero) is 1. The summed E-state index contributed by atoms with van der Waals surface area (Å²) in [6, 6.07) is 20.0. The first kappa shape index (κ1) is 16.3. The zero-order valence-corrected chi connectivity index (χ0v) is 14.0. The highest BCUT2D eigenvalue weighted by molar-refractivity contribution is 5.89. The Morgan fingerprint density at radius 1 is 0.917 bits per heavy atom. The third-order valence-corrected chi connectivity index (χ3v) is 4.37. The van der Waals surface area contributed by atoms with Gasteiger partial charge in [0.2, 0.25) is 0 Å². The molecular formula is C22H22O2. The minimum absolute atomic E-state index is 0.269. The largest absolute Gasteiger partial charge is 0.507 e. The van der Waals surface area contributed by atoms with Crippen molar-refractivity contribution in [2.24, 2.45) is 0 Å². The van der Waals surface area contributed by atoms with Crippen molar-refractivity contribution in [1.29, 1.82) is 0 Å². The van der Waals surface area contributed by atoms with E-state index in [-0.39, 0.29) is 11.5 Å². The van der Waals surface area contributed by atoms with Gasteiger partial charge in [0.05, 0.1) is 0 Å². The molecule has 24 heavy (non-hydrogen) atoms. The highest BCUT2D eigenvalue weighted by Crippen LogP contribution is 2.35. The van der Waals surface area contributed by atoms with E-state index in [0.717, 1.165) is 28.5 Å².